The van der Waals surface area contributed by atoms with E-state index in [1.54, 1.807) is 12.3 Å². The zero-order chi connectivity index (χ0) is 11.4. The Kier molecular flexibility index (Phi) is 2.93. The molecular formula is C13H13N3. The van der Waals surface area contributed by atoms with Gasteiger partial charge < -0.3 is 10.3 Å². The van der Waals surface area contributed by atoms with E-state index in [1.165, 1.54) is 5.56 Å². The number of anilines is 1. The van der Waals surface area contributed by atoms with Crippen LogP contribution in [0, 0.1) is 11.3 Å². The lowest BCUT2D eigenvalue weighted by atomic mass is 10.1. The summed E-state index contributed by atoms with van der Waals surface area (Å²) in [5, 5.41) is 8.74. The van der Waals surface area contributed by atoms with Crippen LogP contribution in [0.3, 0.4) is 0 Å². The Bertz CT molecular complexity index is 506. The maximum absolute atomic E-state index is 8.74. The van der Waals surface area contributed by atoms with E-state index in [0.717, 1.165) is 13.0 Å². The Morgan fingerprint density at radius 2 is 2.00 bits per heavy atom. The van der Waals surface area contributed by atoms with E-state index in [-0.39, 0.29) is 0 Å². The second-order valence-corrected chi connectivity index (χ2v) is 3.69. The molecule has 0 spiro atoms. The highest BCUT2D eigenvalue weighted by Gasteiger charge is 2.01. The van der Waals surface area contributed by atoms with Gasteiger partial charge in [-0.3, -0.25) is 0 Å². The third kappa shape index (κ3) is 2.23. The summed E-state index contributed by atoms with van der Waals surface area (Å²) in [4.78, 5) is 0. The van der Waals surface area contributed by atoms with Gasteiger partial charge in [-0.05, 0) is 18.1 Å². The molecule has 0 bridgehead atoms. The molecule has 0 saturated carbocycles. The number of nitrogens with zero attached hydrogens (tertiary/aromatic N) is 2. The van der Waals surface area contributed by atoms with Gasteiger partial charge in [0.05, 0.1) is 5.56 Å². The van der Waals surface area contributed by atoms with E-state index >= 15 is 0 Å². The van der Waals surface area contributed by atoms with Crippen molar-refractivity contribution >= 4 is 5.82 Å². The van der Waals surface area contributed by atoms with Crippen molar-refractivity contribution in [1.29, 1.82) is 5.26 Å². The molecule has 16 heavy (non-hydrogen) atoms. The highest BCUT2D eigenvalue weighted by Crippen LogP contribution is 2.11. The van der Waals surface area contributed by atoms with Gasteiger partial charge in [-0.2, -0.15) is 5.26 Å². The molecular weight excluding hydrogens is 198 g/mol. The number of nitrogens with two attached hydrogens (primary N) is 1. The number of aromatic nitrogens is 1. The number of benzene rings is 1. The third-order valence-electron chi connectivity index (χ3n) is 2.54. The molecule has 3 nitrogen and oxygen atoms in total. The molecule has 2 rings (SSSR count). The van der Waals surface area contributed by atoms with Crippen molar-refractivity contribution in [3.05, 3.63) is 53.7 Å². The van der Waals surface area contributed by atoms with Crippen LogP contribution in [-0.4, -0.2) is 4.57 Å². The first-order chi connectivity index (χ1) is 7.79. The maximum atomic E-state index is 8.74. The second-order valence-electron chi connectivity index (χ2n) is 3.69. The van der Waals surface area contributed by atoms with E-state index < -0.39 is 0 Å². The summed E-state index contributed by atoms with van der Waals surface area (Å²) in [5.74, 6) is 0.646. The van der Waals surface area contributed by atoms with Crippen molar-refractivity contribution in [1.82, 2.24) is 4.57 Å². The predicted octanol–water partition coefficient (Wildman–Crippen LogP) is 2.18. The fourth-order valence-corrected chi connectivity index (χ4v) is 1.67. The van der Waals surface area contributed by atoms with E-state index in [4.69, 9.17) is 11.0 Å². The van der Waals surface area contributed by atoms with Crippen molar-refractivity contribution in [2.24, 2.45) is 0 Å². The van der Waals surface area contributed by atoms with E-state index in [2.05, 4.69) is 18.2 Å². The Labute approximate surface area is 94.7 Å². The Morgan fingerprint density at radius 3 is 2.62 bits per heavy atom. The van der Waals surface area contributed by atoms with Crippen LogP contribution in [0.1, 0.15) is 11.1 Å². The molecule has 1 aromatic carbocycles. The molecule has 2 aromatic rings. The van der Waals surface area contributed by atoms with Gasteiger partial charge in [0.25, 0.3) is 0 Å². The average Bonchev–Trinajstić information content (AvgIpc) is 2.69. The lowest BCUT2D eigenvalue weighted by Crippen LogP contribution is -2.03. The number of hydrogen-bond acceptors (Lipinski definition) is 2. The normalized spacial score (nSPS) is 9.94. The van der Waals surface area contributed by atoms with Crippen LogP contribution in [-0.2, 0) is 13.0 Å². The number of nitrogen functional groups attached to an aromatic ring is 1. The van der Waals surface area contributed by atoms with E-state index in [1.807, 2.05) is 22.8 Å². The van der Waals surface area contributed by atoms with Gasteiger partial charge in [0, 0.05) is 12.7 Å². The number of nitriles is 1. The molecule has 0 unspecified atom stereocenters. The lowest BCUT2D eigenvalue weighted by molar-refractivity contribution is 0.709. The molecule has 1 heterocycles. The minimum atomic E-state index is 0.616. The minimum Gasteiger partial charge on any atom is -0.385 e. The standard InChI is InChI=1S/C13H13N3/c14-9-12-8-13(15)16(10-12)7-6-11-4-2-1-3-5-11/h1-5,8,10H,6-7,15H2. The smallest absolute Gasteiger partial charge is 0.104 e. The number of rotatable bonds is 3. The topological polar surface area (TPSA) is 54.7 Å². The van der Waals surface area contributed by atoms with Gasteiger partial charge in [0.2, 0.25) is 0 Å². The minimum absolute atomic E-state index is 0.616. The summed E-state index contributed by atoms with van der Waals surface area (Å²) in [5.41, 5.74) is 7.68. The van der Waals surface area contributed by atoms with E-state index in [0.29, 0.717) is 11.4 Å². The number of hydrogen-bond donors (Lipinski definition) is 1. The molecule has 80 valence electrons. The van der Waals surface area contributed by atoms with Crippen LogP contribution in [0.25, 0.3) is 0 Å². The van der Waals surface area contributed by atoms with Crippen LogP contribution in [0.4, 0.5) is 5.82 Å². The molecule has 0 saturated heterocycles. The summed E-state index contributed by atoms with van der Waals surface area (Å²) in [6.07, 6.45) is 2.71. The molecule has 3 heteroatoms. The first kappa shape index (κ1) is 10.3. The molecule has 0 aliphatic carbocycles. The average molecular weight is 211 g/mol. The third-order valence-corrected chi connectivity index (χ3v) is 2.54. The summed E-state index contributed by atoms with van der Waals surface area (Å²) in [6.45, 7) is 0.803. The largest absolute Gasteiger partial charge is 0.385 e. The van der Waals surface area contributed by atoms with Crippen LogP contribution in [0.2, 0.25) is 0 Å². The van der Waals surface area contributed by atoms with Crippen molar-refractivity contribution < 1.29 is 0 Å². The fraction of sp³-hybridized carbons (Fsp3) is 0.154. The first-order valence-electron chi connectivity index (χ1n) is 5.19. The summed E-state index contributed by atoms with van der Waals surface area (Å²) >= 11 is 0. The second kappa shape index (κ2) is 4.54. The molecule has 0 radical (unpaired) electrons. The Hall–Kier alpha value is -2.21. The summed E-state index contributed by atoms with van der Waals surface area (Å²) < 4.78 is 1.91. The highest BCUT2D eigenvalue weighted by atomic mass is 15.0. The SMILES string of the molecule is N#Cc1cc(N)n(CCc2ccccc2)c1. The van der Waals surface area contributed by atoms with Gasteiger partial charge in [-0.1, -0.05) is 30.3 Å². The van der Waals surface area contributed by atoms with Gasteiger partial charge in [0.1, 0.15) is 11.9 Å². The first-order valence-corrected chi connectivity index (χ1v) is 5.19. The van der Waals surface area contributed by atoms with Crippen molar-refractivity contribution in [3.63, 3.8) is 0 Å². The molecule has 0 amide bonds. The Morgan fingerprint density at radius 1 is 1.25 bits per heavy atom. The zero-order valence-electron chi connectivity index (χ0n) is 8.93. The fourth-order valence-electron chi connectivity index (χ4n) is 1.67. The highest BCUT2D eigenvalue weighted by molar-refractivity contribution is 5.41. The lowest BCUT2D eigenvalue weighted by Gasteiger charge is -2.05. The van der Waals surface area contributed by atoms with Crippen molar-refractivity contribution in [2.75, 3.05) is 5.73 Å². The maximum Gasteiger partial charge on any atom is 0.104 e. The van der Waals surface area contributed by atoms with E-state index in [9.17, 15) is 0 Å². The monoisotopic (exact) mass is 211 g/mol. The molecule has 0 aliphatic rings. The van der Waals surface area contributed by atoms with Crippen LogP contribution in [0.5, 0.6) is 0 Å². The van der Waals surface area contributed by atoms with Crippen LogP contribution >= 0.6 is 0 Å². The van der Waals surface area contributed by atoms with Crippen LogP contribution < -0.4 is 5.73 Å². The molecule has 0 atom stereocenters. The molecule has 0 fully saturated rings. The predicted molar refractivity (Wildman–Crippen MR) is 63.7 cm³/mol. The van der Waals surface area contributed by atoms with Gasteiger partial charge >= 0.3 is 0 Å². The quantitative estimate of drug-likeness (QED) is 0.846. The number of aryl methyl sites for hydroxylation is 2. The molecule has 2 N–H and O–H groups in total. The van der Waals surface area contributed by atoms with Gasteiger partial charge in [0.15, 0.2) is 0 Å². The van der Waals surface area contributed by atoms with Crippen molar-refractivity contribution in [3.8, 4) is 6.07 Å². The molecule has 0 aliphatic heterocycles. The Balaban J connectivity index is 2.05. The summed E-state index contributed by atoms with van der Waals surface area (Å²) in [6, 6.07) is 14.0. The van der Waals surface area contributed by atoms with Gasteiger partial charge in [-0.15, -0.1) is 0 Å². The van der Waals surface area contributed by atoms with Gasteiger partial charge in [-0.25, -0.2) is 0 Å². The zero-order valence-corrected chi connectivity index (χ0v) is 8.93. The summed E-state index contributed by atoms with van der Waals surface area (Å²) in [7, 11) is 0. The molecule has 1 aromatic heterocycles. The van der Waals surface area contributed by atoms with Crippen LogP contribution in [0.15, 0.2) is 42.6 Å². The van der Waals surface area contributed by atoms with Crippen molar-refractivity contribution in [2.45, 2.75) is 13.0 Å².